The van der Waals surface area contributed by atoms with Crippen LogP contribution in [0.3, 0.4) is 0 Å². The van der Waals surface area contributed by atoms with E-state index >= 15 is 0 Å². The van der Waals surface area contributed by atoms with Crippen LogP contribution in [0.2, 0.25) is 0 Å². The summed E-state index contributed by atoms with van der Waals surface area (Å²) in [5, 5.41) is 16.2. The maximum atomic E-state index is 12.0. The second kappa shape index (κ2) is 7.59. The van der Waals surface area contributed by atoms with Crippen LogP contribution in [0.15, 0.2) is 24.3 Å². The zero-order valence-corrected chi connectivity index (χ0v) is 14.4. The van der Waals surface area contributed by atoms with E-state index in [4.69, 9.17) is 0 Å². The third-order valence-corrected chi connectivity index (χ3v) is 4.38. The Morgan fingerprint density at radius 3 is 2.33 bits per heavy atom. The Balaban J connectivity index is 1.82. The number of piperazine rings is 1. The Labute approximate surface area is 142 Å². The minimum absolute atomic E-state index is 0.00263. The first-order valence-electron chi connectivity index (χ1n) is 8.01. The molecule has 1 fully saturated rings. The number of hydrogen-bond acceptors (Lipinski definition) is 5. The molecule has 0 radical (unpaired) electrons. The maximum absolute atomic E-state index is 12.0. The number of nitro benzene ring substituents is 1. The van der Waals surface area contributed by atoms with Crippen molar-refractivity contribution in [2.45, 2.75) is 19.4 Å². The molecule has 2 rings (SSSR count). The van der Waals surface area contributed by atoms with Gasteiger partial charge in [-0.25, -0.2) is 4.79 Å². The highest BCUT2D eigenvalue weighted by molar-refractivity contribution is 5.89. The number of likely N-dealkylation sites (N-methyl/N-ethyl adjacent to an activating group) is 1. The molecule has 1 aromatic carbocycles. The van der Waals surface area contributed by atoms with Gasteiger partial charge in [0.05, 0.1) is 4.92 Å². The first kappa shape index (κ1) is 18.2. The summed E-state index contributed by atoms with van der Waals surface area (Å²) in [5.74, 6) is 0. The normalized spacial score (nSPS) is 16.6. The van der Waals surface area contributed by atoms with Crippen LogP contribution >= 0.6 is 0 Å². The Kier molecular flexibility index (Phi) is 5.74. The molecule has 0 aliphatic carbocycles. The topological polar surface area (TPSA) is 90.8 Å². The van der Waals surface area contributed by atoms with Crippen LogP contribution in [0.1, 0.15) is 13.8 Å². The number of hydrogen-bond donors (Lipinski definition) is 2. The molecule has 1 aliphatic rings. The molecule has 8 nitrogen and oxygen atoms in total. The van der Waals surface area contributed by atoms with Gasteiger partial charge in [0.2, 0.25) is 0 Å². The monoisotopic (exact) mass is 335 g/mol. The van der Waals surface area contributed by atoms with Crippen molar-refractivity contribution in [1.29, 1.82) is 0 Å². The van der Waals surface area contributed by atoms with Crippen molar-refractivity contribution in [1.82, 2.24) is 15.1 Å². The van der Waals surface area contributed by atoms with Crippen molar-refractivity contribution in [3.63, 3.8) is 0 Å². The summed E-state index contributed by atoms with van der Waals surface area (Å²) < 4.78 is 0. The van der Waals surface area contributed by atoms with Crippen LogP contribution in [0.4, 0.5) is 16.2 Å². The van der Waals surface area contributed by atoms with Crippen molar-refractivity contribution in [3.05, 3.63) is 34.4 Å². The Morgan fingerprint density at radius 2 is 1.79 bits per heavy atom. The van der Waals surface area contributed by atoms with Gasteiger partial charge in [-0.15, -0.1) is 0 Å². The summed E-state index contributed by atoms with van der Waals surface area (Å²) in [6.07, 6.45) is 0. The number of non-ortho nitro benzene ring substituents is 1. The van der Waals surface area contributed by atoms with Gasteiger partial charge in [-0.05, 0) is 33.0 Å². The predicted octanol–water partition coefficient (Wildman–Crippen LogP) is 1.74. The average molecular weight is 335 g/mol. The lowest BCUT2D eigenvalue weighted by Crippen LogP contribution is -2.58. The molecule has 0 atom stereocenters. The summed E-state index contributed by atoms with van der Waals surface area (Å²) in [7, 11) is 2.11. The van der Waals surface area contributed by atoms with Gasteiger partial charge in [-0.3, -0.25) is 15.0 Å². The number of carbonyl (C=O) groups excluding carboxylic acids is 1. The highest BCUT2D eigenvalue weighted by atomic mass is 16.6. The van der Waals surface area contributed by atoms with E-state index in [-0.39, 0.29) is 17.3 Å². The zero-order chi connectivity index (χ0) is 17.7. The molecule has 0 saturated carbocycles. The van der Waals surface area contributed by atoms with E-state index in [1.165, 1.54) is 24.3 Å². The molecule has 132 valence electrons. The number of benzene rings is 1. The summed E-state index contributed by atoms with van der Waals surface area (Å²) >= 11 is 0. The molecule has 1 aliphatic heterocycles. The molecule has 2 amide bonds. The highest BCUT2D eigenvalue weighted by Crippen LogP contribution is 2.17. The summed E-state index contributed by atoms with van der Waals surface area (Å²) in [6.45, 7) is 8.77. The van der Waals surface area contributed by atoms with Gasteiger partial charge >= 0.3 is 6.03 Å². The number of rotatable bonds is 5. The first-order valence-corrected chi connectivity index (χ1v) is 8.01. The Bertz CT molecular complexity index is 580. The number of nitrogens with zero attached hydrogens (tertiary/aromatic N) is 3. The molecule has 0 aromatic heterocycles. The van der Waals surface area contributed by atoms with E-state index in [1.807, 2.05) is 0 Å². The van der Waals surface area contributed by atoms with Gasteiger partial charge in [0.25, 0.3) is 5.69 Å². The minimum atomic E-state index is -0.470. The molecule has 1 heterocycles. The van der Waals surface area contributed by atoms with Crippen LogP contribution in [-0.4, -0.2) is 66.1 Å². The Hall–Kier alpha value is -2.19. The van der Waals surface area contributed by atoms with E-state index < -0.39 is 4.92 Å². The van der Waals surface area contributed by atoms with Crippen LogP contribution < -0.4 is 10.6 Å². The number of nitrogens with one attached hydrogen (secondary N) is 2. The number of carbonyl (C=O) groups is 1. The van der Waals surface area contributed by atoms with Gasteiger partial charge in [0.15, 0.2) is 0 Å². The van der Waals surface area contributed by atoms with E-state index in [2.05, 4.69) is 41.3 Å². The van der Waals surface area contributed by atoms with Crippen molar-refractivity contribution < 1.29 is 9.72 Å². The van der Waals surface area contributed by atoms with Crippen LogP contribution in [0, 0.1) is 10.1 Å². The second-order valence-corrected chi connectivity index (χ2v) is 6.71. The van der Waals surface area contributed by atoms with Crippen LogP contribution in [-0.2, 0) is 0 Å². The minimum Gasteiger partial charge on any atom is -0.336 e. The SMILES string of the molecule is CN1CCN(C(C)(C)CNC(=O)Nc2ccc([N+](=O)[O-])cc2)CC1. The molecule has 8 heteroatoms. The average Bonchev–Trinajstić information content (AvgIpc) is 2.54. The molecule has 24 heavy (non-hydrogen) atoms. The lowest BCUT2D eigenvalue weighted by atomic mass is 10.0. The number of nitro groups is 1. The second-order valence-electron chi connectivity index (χ2n) is 6.71. The standard InChI is InChI=1S/C16H25N5O3/c1-16(2,20-10-8-19(3)9-11-20)12-17-15(22)18-13-4-6-14(7-5-13)21(23)24/h4-7H,8-12H2,1-3H3,(H2,17,18,22). The first-order chi connectivity index (χ1) is 11.3. The zero-order valence-electron chi connectivity index (χ0n) is 14.4. The fraction of sp³-hybridized carbons (Fsp3) is 0.562. The highest BCUT2D eigenvalue weighted by Gasteiger charge is 2.29. The van der Waals surface area contributed by atoms with E-state index in [9.17, 15) is 14.9 Å². The maximum Gasteiger partial charge on any atom is 0.319 e. The van der Waals surface area contributed by atoms with Crippen molar-refractivity contribution in [2.24, 2.45) is 0 Å². The van der Waals surface area contributed by atoms with E-state index in [0.717, 1.165) is 26.2 Å². The predicted molar refractivity (Wildman–Crippen MR) is 93.3 cm³/mol. The fourth-order valence-corrected chi connectivity index (χ4v) is 2.66. The quantitative estimate of drug-likeness (QED) is 0.632. The third kappa shape index (κ3) is 4.90. The van der Waals surface area contributed by atoms with Gasteiger partial charge < -0.3 is 15.5 Å². The van der Waals surface area contributed by atoms with Crippen LogP contribution in [0.25, 0.3) is 0 Å². The lowest BCUT2D eigenvalue weighted by molar-refractivity contribution is -0.384. The summed E-state index contributed by atoms with van der Waals surface area (Å²) in [6, 6.07) is 5.45. The van der Waals surface area contributed by atoms with E-state index in [1.54, 1.807) is 0 Å². The molecule has 0 unspecified atom stereocenters. The molecule has 0 spiro atoms. The summed E-state index contributed by atoms with van der Waals surface area (Å²) in [5.41, 5.74) is 0.390. The molecular formula is C16H25N5O3. The molecule has 0 bridgehead atoms. The number of urea groups is 1. The molecule has 2 N–H and O–H groups in total. The fourth-order valence-electron chi connectivity index (χ4n) is 2.66. The molecular weight excluding hydrogens is 310 g/mol. The summed E-state index contributed by atoms with van der Waals surface area (Å²) in [4.78, 5) is 26.8. The van der Waals surface area contributed by atoms with Crippen molar-refractivity contribution in [2.75, 3.05) is 45.1 Å². The van der Waals surface area contributed by atoms with Gasteiger partial charge in [0.1, 0.15) is 0 Å². The van der Waals surface area contributed by atoms with Crippen molar-refractivity contribution in [3.8, 4) is 0 Å². The largest absolute Gasteiger partial charge is 0.336 e. The smallest absolute Gasteiger partial charge is 0.319 e. The number of amides is 2. The third-order valence-electron chi connectivity index (χ3n) is 4.38. The van der Waals surface area contributed by atoms with Gasteiger partial charge in [-0.1, -0.05) is 0 Å². The lowest BCUT2D eigenvalue weighted by Gasteiger charge is -2.43. The van der Waals surface area contributed by atoms with Gasteiger partial charge in [-0.2, -0.15) is 0 Å². The van der Waals surface area contributed by atoms with Crippen molar-refractivity contribution >= 4 is 17.4 Å². The molecule has 1 aromatic rings. The molecule has 1 saturated heterocycles. The van der Waals surface area contributed by atoms with Crippen LogP contribution in [0.5, 0.6) is 0 Å². The van der Waals surface area contributed by atoms with E-state index in [0.29, 0.717) is 12.2 Å². The number of anilines is 1. The van der Waals surface area contributed by atoms with Gasteiger partial charge in [0, 0.05) is 56.1 Å². The Morgan fingerprint density at radius 1 is 1.21 bits per heavy atom.